The van der Waals surface area contributed by atoms with Crippen LogP contribution in [0.5, 0.6) is 0 Å². The quantitative estimate of drug-likeness (QED) is 0.540. The summed E-state index contributed by atoms with van der Waals surface area (Å²) in [5, 5.41) is 23.9. The second kappa shape index (κ2) is 6.52. The maximum atomic E-state index is 11.3. The first kappa shape index (κ1) is 16.3. The average molecular weight is 338 g/mol. The molecule has 126 valence electrons. The summed E-state index contributed by atoms with van der Waals surface area (Å²) < 4.78 is 0. The van der Waals surface area contributed by atoms with E-state index in [2.05, 4.69) is 15.3 Å². The third kappa shape index (κ3) is 3.23. The number of aromatic nitrogens is 2. The van der Waals surface area contributed by atoms with Crippen LogP contribution in [-0.2, 0) is 0 Å². The smallest absolute Gasteiger partial charge is 0.337 e. The highest BCUT2D eigenvalue weighted by molar-refractivity contribution is 6.04. The molecule has 2 N–H and O–H groups in total. The summed E-state index contributed by atoms with van der Waals surface area (Å²) in [5.41, 5.74) is 1.15. The van der Waals surface area contributed by atoms with Crippen molar-refractivity contribution in [2.24, 2.45) is 0 Å². The van der Waals surface area contributed by atoms with Crippen molar-refractivity contribution in [2.75, 3.05) is 5.32 Å². The first-order chi connectivity index (χ1) is 12.0. The number of non-ortho nitro benzene ring substituents is 1. The van der Waals surface area contributed by atoms with Gasteiger partial charge in [0, 0.05) is 17.5 Å². The zero-order valence-corrected chi connectivity index (χ0v) is 13.2. The molecule has 0 aliphatic heterocycles. The molecule has 1 atom stereocenters. The van der Waals surface area contributed by atoms with Gasteiger partial charge in [0.05, 0.1) is 22.0 Å². The monoisotopic (exact) mass is 338 g/mol. The van der Waals surface area contributed by atoms with E-state index in [1.54, 1.807) is 24.3 Å². The summed E-state index contributed by atoms with van der Waals surface area (Å²) in [6, 6.07) is 10.9. The molecule has 8 heteroatoms. The molecule has 0 amide bonds. The summed E-state index contributed by atoms with van der Waals surface area (Å²) in [4.78, 5) is 30.0. The van der Waals surface area contributed by atoms with Crippen LogP contribution in [0.3, 0.4) is 0 Å². The molecule has 1 heterocycles. The fourth-order valence-electron chi connectivity index (χ4n) is 2.57. The number of aromatic carboxylic acids is 1. The molecular weight excluding hydrogens is 324 g/mol. The molecule has 2 aromatic carbocycles. The van der Waals surface area contributed by atoms with Crippen molar-refractivity contribution in [3.63, 3.8) is 0 Å². The molecule has 8 nitrogen and oxygen atoms in total. The molecule has 0 radical (unpaired) electrons. The van der Waals surface area contributed by atoms with Crippen molar-refractivity contribution in [3.8, 4) is 0 Å². The van der Waals surface area contributed by atoms with E-state index < -0.39 is 10.9 Å². The molecule has 0 spiro atoms. The van der Waals surface area contributed by atoms with Crippen LogP contribution in [0.2, 0.25) is 0 Å². The summed E-state index contributed by atoms with van der Waals surface area (Å²) >= 11 is 0. The first-order valence-corrected chi connectivity index (χ1v) is 7.45. The number of nitrogens with zero attached hydrogens (tertiary/aromatic N) is 3. The fourth-order valence-corrected chi connectivity index (χ4v) is 2.57. The molecule has 0 aliphatic carbocycles. The third-order valence-electron chi connectivity index (χ3n) is 3.83. The second-order valence-electron chi connectivity index (χ2n) is 5.45. The number of fused-ring (bicyclic) bond motifs is 1. The van der Waals surface area contributed by atoms with E-state index in [1.165, 1.54) is 24.5 Å². The van der Waals surface area contributed by atoms with Crippen molar-refractivity contribution >= 4 is 28.4 Å². The largest absolute Gasteiger partial charge is 0.478 e. The van der Waals surface area contributed by atoms with Crippen LogP contribution in [0.25, 0.3) is 10.9 Å². The van der Waals surface area contributed by atoms with Crippen molar-refractivity contribution in [3.05, 3.63) is 70.0 Å². The first-order valence-electron chi connectivity index (χ1n) is 7.45. The Morgan fingerprint density at radius 3 is 2.72 bits per heavy atom. The number of benzene rings is 2. The normalized spacial score (nSPS) is 11.9. The molecule has 0 aliphatic rings. The number of carbonyl (C=O) groups is 1. The van der Waals surface area contributed by atoms with E-state index in [0.29, 0.717) is 16.7 Å². The van der Waals surface area contributed by atoms with Crippen molar-refractivity contribution in [1.82, 2.24) is 9.97 Å². The number of anilines is 1. The van der Waals surface area contributed by atoms with Crippen LogP contribution >= 0.6 is 0 Å². The molecular formula is C17H14N4O4. The molecule has 0 saturated heterocycles. The van der Waals surface area contributed by atoms with E-state index in [1.807, 2.05) is 6.92 Å². The summed E-state index contributed by atoms with van der Waals surface area (Å²) in [6.45, 7) is 1.84. The fraction of sp³-hybridized carbons (Fsp3) is 0.118. The number of rotatable bonds is 5. The van der Waals surface area contributed by atoms with Crippen LogP contribution in [0.4, 0.5) is 11.5 Å². The van der Waals surface area contributed by atoms with Gasteiger partial charge in [0.25, 0.3) is 5.69 Å². The van der Waals surface area contributed by atoms with E-state index in [4.69, 9.17) is 0 Å². The Morgan fingerprint density at radius 1 is 1.24 bits per heavy atom. The predicted molar refractivity (Wildman–Crippen MR) is 91.6 cm³/mol. The Labute approximate surface area is 142 Å². The zero-order valence-electron chi connectivity index (χ0n) is 13.2. The highest BCUT2D eigenvalue weighted by Gasteiger charge is 2.15. The van der Waals surface area contributed by atoms with Gasteiger partial charge in [0.15, 0.2) is 0 Å². The van der Waals surface area contributed by atoms with E-state index in [-0.39, 0.29) is 17.3 Å². The summed E-state index contributed by atoms with van der Waals surface area (Å²) in [7, 11) is 0. The summed E-state index contributed by atoms with van der Waals surface area (Å²) in [6.07, 6.45) is 1.29. The lowest BCUT2D eigenvalue weighted by atomic mass is 10.1. The topological polar surface area (TPSA) is 118 Å². The van der Waals surface area contributed by atoms with Crippen LogP contribution in [0.15, 0.2) is 48.8 Å². The molecule has 0 unspecified atom stereocenters. The van der Waals surface area contributed by atoms with E-state index in [0.717, 1.165) is 5.56 Å². The van der Waals surface area contributed by atoms with Crippen LogP contribution in [0.1, 0.15) is 28.9 Å². The highest BCUT2D eigenvalue weighted by Crippen LogP contribution is 2.27. The van der Waals surface area contributed by atoms with E-state index >= 15 is 0 Å². The second-order valence-corrected chi connectivity index (χ2v) is 5.45. The Kier molecular flexibility index (Phi) is 4.25. The van der Waals surface area contributed by atoms with Gasteiger partial charge in [-0.2, -0.15) is 0 Å². The zero-order chi connectivity index (χ0) is 18.0. The molecule has 0 bridgehead atoms. The number of nitro groups is 1. The third-order valence-corrected chi connectivity index (χ3v) is 3.83. The van der Waals surface area contributed by atoms with Gasteiger partial charge < -0.3 is 10.4 Å². The molecule has 3 rings (SSSR count). The Hall–Kier alpha value is -3.55. The van der Waals surface area contributed by atoms with Gasteiger partial charge in [-0.05, 0) is 24.6 Å². The molecule has 0 saturated carbocycles. The predicted octanol–water partition coefficient (Wildman–Crippen LogP) is 3.41. The van der Waals surface area contributed by atoms with Gasteiger partial charge in [-0.25, -0.2) is 14.8 Å². The van der Waals surface area contributed by atoms with Gasteiger partial charge in [0.2, 0.25) is 0 Å². The maximum absolute atomic E-state index is 11.3. The standard InChI is InChI=1S/C17H14N4O4/c1-10(11-4-2-5-12(8-11)21(24)25)20-16-13-6-3-7-14(17(22)23)15(13)18-9-19-16/h2-10H,1H3,(H,22,23)(H,18,19,20)/t10-/m1/s1. The minimum Gasteiger partial charge on any atom is -0.478 e. The van der Waals surface area contributed by atoms with Gasteiger partial charge in [-0.15, -0.1) is 0 Å². The highest BCUT2D eigenvalue weighted by atomic mass is 16.6. The minimum absolute atomic E-state index is 0.00635. The molecule has 25 heavy (non-hydrogen) atoms. The number of carboxylic acids is 1. The van der Waals surface area contributed by atoms with Crippen molar-refractivity contribution in [1.29, 1.82) is 0 Å². The lowest BCUT2D eigenvalue weighted by Crippen LogP contribution is -2.09. The summed E-state index contributed by atoms with van der Waals surface area (Å²) in [5.74, 6) is -0.603. The van der Waals surface area contributed by atoms with Gasteiger partial charge in [0.1, 0.15) is 12.1 Å². The Bertz CT molecular complexity index is 974. The molecule has 0 fully saturated rings. The number of hydrogen-bond acceptors (Lipinski definition) is 6. The number of hydrogen-bond donors (Lipinski definition) is 2. The van der Waals surface area contributed by atoms with Gasteiger partial charge in [-0.3, -0.25) is 10.1 Å². The van der Waals surface area contributed by atoms with Crippen molar-refractivity contribution < 1.29 is 14.8 Å². The average Bonchev–Trinajstić information content (AvgIpc) is 2.61. The number of nitro benzene ring substituents is 1. The number of para-hydroxylation sites is 1. The van der Waals surface area contributed by atoms with Crippen LogP contribution in [0, 0.1) is 10.1 Å². The Balaban J connectivity index is 1.98. The lowest BCUT2D eigenvalue weighted by molar-refractivity contribution is -0.384. The number of nitrogens with one attached hydrogen (secondary N) is 1. The minimum atomic E-state index is -1.07. The SMILES string of the molecule is C[C@@H](Nc1ncnc2c(C(=O)O)cccc12)c1cccc([N+](=O)[O-])c1. The van der Waals surface area contributed by atoms with Crippen LogP contribution < -0.4 is 5.32 Å². The lowest BCUT2D eigenvalue weighted by Gasteiger charge is -2.16. The van der Waals surface area contributed by atoms with Gasteiger partial charge in [-0.1, -0.05) is 18.2 Å². The Morgan fingerprint density at radius 2 is 2.00 bits per heavy atom. The van der Waals surface area contributed by atoms with E-state index in [9.17, 15) is 20.0 Å². The van der Waals surface area contributed by atoms with Crippen LogP contribution in [-0.4, -0.2) is 26.0 Å². The van der Waals surface area contributed by atoms with Gasteiger partial charge >= 0.3 is 5.97 Å². The van der Waals surface area contributed by atoms with Crippen molar-refractivity contribution in [2.45, 2.75) is 13.0 Å². The molecule has 3 aromatic rings. The maximum Gasteiger partial charge on any atom is 0.337 e. The molecule has 1 aromatic heterocycles. The number of carboxylic acid groups (broad SMARTS) is 1.